The lowest BCUT2D eigenvalue weighted by molar-refractivity contribution is -0.137. The number of aryl methyl sites for hydroxylation is 2. The van der Waals surface area contributed by atoms with Crippen molar-refractivity contribution in [2.75, 3.05) is 10.6 Å². The fourth-order valence-corrected chi connectivity index (χ4v) is 5.07. The van der Waals surface area contributed by atoms with Crippen molar-refractivity contribution in [2.24, 2.45) is 0 Å². The fourth-order valence-electron chi connectivity index (χ4n) is 3.91. The highest BCUT2D eigenvalue weighted by Crippen LogP contribution is 2.33. The van der Waals surface area contributed by atoms with Crippen LogP contribution >= 0.6 is 0 Å². The first kappa shape index (κ1) is 23.1. The quantitative estimate of drug-likeness (QED) is 0.711. The van der Waals surface area contributed by atoms with Crippen LogP contribution < -0.4 is 9.62 Å². The number of benzene rings is 2. The van der Waals surface area contributed by atoms with E-state index in [1.54, 1.807) is 6.92 Å². The molecule has 1 N–H and O–H groups in total. The third kappa shape index (κ3) is 5.20. The highest BCUT2D eigenvalue weighted by Gasteiger charge is 2.34. The van der Waals surface area contributed by atoms with E-state index in [1.165, 1.54) is 24.1 Å². The number of nitrogens with one attached hydrogen (secondary N) is 1. The Morgan fingerprint density at radius 3 is 2.39 bits per heavy atom. The SMILES string of the molecule is C[C@H](NC(=O)[C@@H](C)N(c1cccc(C(F)(F)F)c1)S(C)(=O)=O)c1ccc2c(c1)CCC2. The number of hydrogen-bond acceptors (Lipinski definition) is 3. The molecule has 0 aliphatic heterocycles. The number of anilines is 1. The van der Waals surface area contributed by atoms with Gasteiger partial charge in [-0.2, -0.15) is 13.2 Å². The van der Waals surface area contributed by atoms with Crippen LogP contribution in [0.15, 0.2) is 42.5 Å². The van der Waals surface area contributed by atoms with Crippen molar-refractivity contribution in [3.8, 4) is 0 Å². The van der Waals surface area contributed by atoms with Crippen LogP contribution in [0.4, 0.5) is 18.9 Å². The third-order valence-corrected chi connectivity index (χ3v) is 6.74. The number of rotatable bonds is 6. The van der Waals surface area contributed by atoms with Crippen LogP contribution in [0.1, 0.15) is 48.6 Å². The van der Waals surface area contributed by atoms with Gasteiger partial charge in [-0.25, -0.2) is 8.42 Å². The summed E-state index contributed by atoms with van der Waals surface area (Å²) >= 11 is 0. The maximum Gasteiger partial charge on any atom is 0.416 e. The largest absolute Gasteiger partial charge is 0.416 e. The van der Waals surface area contributed by atoms with Gasteiger partial charge in [-0.05, 0) is 68.0 Å². The van der Waals surface area contributed by atoms with Crippen LogP contribution in [0.2, 0.25) is 0 Å². The second-order valence-corrected chi connectivity index (χ2v) is 9.75. The average Bonchev–Trinajstić information content (AvgIpc) is 3.14. The number of hydrogen-bond donors (Lipinski definition) is 1. The monoisotopic (exact) mass is 454 g/mol. The summed E-state index contributed by atoms with van der Waals surface area (Å²) in [7, 11) is -4.03. The molecule has 2 aromatic rings. The molecule has 0 bridgehead atoms. The molecule has 0 aromatic heterocycles. The molecule has 3 rings (SSSR count). The van der Waals surface area contributed by atoms with Crippen LogP contribution in [0.3, 0.4) is 0 Å². The Morgan fingerprint density at radius 2 is 1.74 bits per heavy atom. The molecule has 0 saturated carbocycles. The smallest absolute Gasteiger partial charge is 0.348 e. The van der Waals surface area contributed by atoms with Crippen molar-refractivity contribution in [1.29, 1.82) is 0 Å². The van der Waals surface area contributed by atoms with E-state index in [4.69, 9.17) is 0 Å². The Bertz CT molecular complexity index is 1080. The van der Waals surface area contributed by atoms with Gasteiger partial charge in [0.1, 0.15) is 6.04 Å². The van der Waals surface area contributed by atoms with Crippen LogP contribution in [-0.2, 0) is 33.8 Å². The summed E-state index contributed by atoms with van der Waals surface area (Å²) in [6.45, 7) is 3.14. The maximum absolute atomic E-state index is 13.1. The van der Waals surface area contributed by atoms with E-state index < -0.39 is 33.7 Å². The van der Waals surface area contributed by atoms with Gasteiger partial charge in [0.05, 0.1) is 23.5 Å². The van der Waals surface area contributed by atoms with Crippen molar-refractivity contribution in [3.63, 3.8) is 0 Å². The number of nitrogens with zero attached hydrogens (tertiary/aromatic N) is 1. The first-order valence-corrected chi connectivity index (χ1v) is 11.8. The predicted molar refractivity (Wildman–Crippen MR) is 113 cm³/mol. The first-order chi connectivity index (χ1) is 14.4. The van der Waals surface area contributed by atoms with E-state index in [0.717, 1.165) is 49.3 Å². The Morgan fingerprint density at radius 1 is 1.06 bits per heavy atom. The lowest BCUT2D eigenvalue weighted by Gasteiger charge is -2.29. The summed E-state index contributed by atoms with van der Waals surface area (Å²) in [4.78, 5) is 12.9. The van der Waals surface area contributed by atoms with E-state index in [-0.39, 0.29) is 11.7 Å². The molecular formula is C22H25F3N2O3S. The van der Waals surface area contributed by atoms with Gasteiger partial charge < -0.3 is 5.32 Å². The van der Waals surface area contributed by atoms with Gasteiger partial charge >= 0.3 is 6.18 Å². The summed E-state index contributed by atoms with van der Waals surface area (Å²) in [5.41, 5.74) is 2.23. The normalized spacial score (nSPS) is 15.8. The summed E-state index contributed by atoms with van der Waals surface area (Å²) in [6.07, 6.45) is -0.657. The van der Waals surface area contributed by atoms with Gasteiger partial charge in [0, 0.05) is 0 Å². The highest BCUT2D eigenvalue weighted by molar-refractivity contribution is 7.92. The Labute approximate surface area is 180 Å². The van der Waals surface area contributed by atoms with Gasteiger partial charge in [0.25, 0.3) is 0 Å². The van der Waals surface area contributed by atoms with E-state index >= 15 is 0 Å². The average molecular weight is 455 g/mol. The molecular weight excluding hydrogens is 429 g/mol. The van der Waals surface area contributed by atoms with Crippen molar-refractivity contribution >= 4 is 21.6 Å². The number of carbonyl (C=O) groups excluding carboxylic acids is 1. The lowest BCUT2D eigenvalue weighted by atomic mass is 10.0. The van der Waals surface area contributed by atoms with Gasteiger partial charge in [-0.15, -0.1) is 0 Å². The molecule has 2 atom stereocenters. The van der Waals surface area contributed by atoms with Crippen LogP contribution in [0, 0.1) is 0 Å². The number of amides is 1. The highest BCUT2D eigenvalue weighted by atomic mass is 32.2. The number of halogens is 3. The maximum atomic E-state index is 13.1. The topological polar surface area (TPSA) is 66.5 Å². The molecule has 2 aromatic carbocycles. The zero-order valence-corrected chi connectivity index (χ0v) is 18.3. The van der Waals surface area contributed by atoms with E-state index in [1.807, 2.05) is 18.2 Å². The molecule has 5 nitrogen and oxygen atoms in total. The molecule has 0 heterocycles. The van der Waals surface area contributed by atoms with Gasteiger partial charge in [-0.3, -0.25) is 9.10 Å². The predicted octanol–water partition coefficient (Wildman–Crippen LogP) is 4.23. The molecule has 168 valence electrons. The van der Waals surface area contributed by atoms with Gasteiger partial charge in [-0.1, -0.05) is 24.3 Å². The molecule has 0 unspecified atom stereocenters. The van der Waals surface area contributed by atoms with Crippen molar-refractivity contribution in [1.82, 2.24) is 5.32 Å². The van der Waals surface area contributed by atoms with Crippen LogP contribution in [0.25, 0.3) is 0 Å². The van der Waals surface area contributed by atoms with E-state index in [0.29, 0.717) is 4.31 Å². The number of fused-ring (bicyclic) bond motifs is 1. The number of carbonyl (C=O) groups is 1. The van der Waals surface area contributed by atoms with E-state index in [9.17, 15) is 26.4 Å². The number of sulfonamides is 1. The molecule has 0 radical (unpaired) electrons. The minimum absolute atomic E-state index is 0.217. The Kier molecular flexibility index (Phi) is 6.36. The minimum atomic E-state index is -4.63. The Balaban J connectivity index is 1.83. The lowest BCUT2D eigenvalue weighted by Crippen LogP contribution is -2.48. The summed E-state index contributed by atoms with van der Waals surface area (Å²) in [6, 6.07) is 8.33. The summed E-state index contributed by atoms with van der Waals surface area (Å²) in [5.74, 6) is -0.601. The van der Waals surface area contributed by atoms with E-state index in [2.05, 4.69) is 5.32 Å². The zero-order valence-electron chi connectivity index (χ0n) is 17.5. The summed E-state index contributed by atoms with van der Waals surface area (Å²) in [5, 5.41) is 2.79. The molecule has 9 heteroatoms. The molecule has 1 amide bonds. The molecule has 0 saturated heterocycles. The minimum Gasteiger partial charge on any atom is -0.348 e. The summed E-state index contributed by atoms with van der Waals surface area (Å²) < 4.78 is 64.8. The molecule has 1 aliphatic carbocycles. The van der Waals surface area contributed by atoms with Crippen LogP contribution in [-0.4, -0.2) is 26.6 Å². The van der Waals surface area contributed by atoms with Crippen LogP contribution in [0.5, 0.6) is 0 Å². The van der Waals surface area contributed by atoms with Crippen molar-refractivity contribution in [2.45, 2.75) is 51.4 Å². The molecule has 31 heavy (non-hydrogen) atoms. The second-order valence-electron chi connectivity index (χ2n) is 7.89. The van der Waals surface area contributed by atoms with Gasteiger partial charge in [0.2, 0.25) is 15.9 Å². The molecule has 1 aliphatic rings. The van der Waals surface area contributed by atoms with Crippen molar-refractivity contribution in [3.05, 3.63) is 64.7 Å². The zero-order chi connectivity index (χ0) is 23.0. The second kappa shape index (κ2) is 8.53. The van der Waals surface area contributed by atoms with Crippen molar-refractivity contribution < 1.29 is 26.4 Å². The number of alkyl halides is 3. The standard InChI is InChI=1S/C22H25F3N2O3S/c1-14(17-11-10-16-6-4-7-18(16)12-17)26-21(28)15(2)27(31(3,29)30)20-9-5-8-19(13-20)22(23,24)25/h5,8-15H,4,6-7H2,1-3H3,(H,26,28)/t14-,15+/m0/s1. The third-order valence-electron chi connectivity index (χ3n) is 5.50. The first-order valence-electron chi connectivity index (χ1n) is 9.96. The van der Waals surface area contributed by atoms with Gasteiger partial charge in [0.15, 0.2) is 0 Å². The Hall–Kier alpha value is -2.55. The molecule has 0 fully saturated rings. The fraction of sp³-hybridized carbons (Fsp3) is 0.409. The molecule has 0 spiro atoms.